The Morgan fingerprint density at radius 3 is 1.88 bits per heavy atom. The van der Waals surface area contributed by atoms with Gasteiger partial charge in [0.1, 0.15) is 23.9 Å². The van der Waals surface area contributed by atoms with Crippen LogP contribution in [0.25, 0.3) is 50.6 Å². The van der Waals surface area contributed by atoms with E-state index in [1.54, 1.807) is 7.11 Å². The molecule has 0 radical (unpaired) electrons. The van der Waals surface area contributed by atoms with Crippen molar-refractivity contribution in [3.8, 4) is 28.1 Å². The molecule has 7 heteroatoms. The molecule has 0 saturated carbocycles. The number of para-hydroxylation sites is 2. The smallest absolute Gasteiger partial charge is 0.152 e. The maximum Gasteiger partial charge on any atom is 0.152 e. The second-order valence-electron chi connectivity index (χ2n) is 15.6. The molecule has 0 fully saturated rings. The van der Waals surface area contributed by atoms with Gasteiger partial charge in [0.15, 0.2) is 6.29 Å². The number of nitrogens with zero attached hydrogens (tertiary/aromatic N) is 1. The summed E-state index contributed by atoms with van der Waals surface area (Å²) in [6.45, 7) is 8.15. The quantitative estimate of drug-likeness (QED) is 0.0993. The number of furan rings is 1. The number of nitrogens with one attached hydrogen (secondary N) is 1. The van der Waals surface area contributed by atoms with Gasteiger partial charge in [-0.2, -0.15) is 0 Å². The predicted octanol–water partition coefficient (Wildman–Crippen LogP) is 14.4. The van der Waals surface area contributed by atoms with Gasteiger partial charge in [0.05, 0.1) is 29.9 Å². The fraction of sp³-hybridized carbons (Fsp3) is 0.0806. The number of hydrogen-bond acceptors (Lipinski definition) is 6. The van der Waals surface area contributed by atoms with Gasteiger partial charge in [0, 0.05) is 57.0 Å². The molecule has 2 aliphatic rings. The van der Waals surface area contributed by atoms with Crippen LogP contribution in [0.15, 0.2) is 233 Å². The van der Waals surface area contributed by atoms with Gasteiger partial charge < -0.3 is 24.0 Å². The maximum atomic E-state index is 13.5. The highest BCUT2D eigenvalue weighted by Crippen LogP contribution is 2.49. The minimum absolute atomic E-state index is 0.575. The number of carbonyl (C=O) groups is 2. The third-order valence-corrected chi connectivity index (χ3v) is 11.7. The summed E-state index contributed by atoms with van der Waals surface area (Å²) < 4.78 is 11.8. The van der Waals surface area contributed by atoms with Crippen LogP contribution in [-0.2, 0) is 11.2 Å². The minimum Gasteiger partial charge on any atom is -0.497 e. The van der Waals surface area contributed by atoms with Crippen molar-refractivity contribution < 1.29 is 23.8 Å². The minimum atomic E-state index is 0.575. The maximum absolute atomic E-state index is 13.5. The molecule has 342 valence electrons. The van der Waals surface area contributed by atoms with E-state index in [1.165, 1.54) is 5.56 Å². The third-order valence-electron chi connectivity index (χ3n) is 11.7. The average molecular weight is 907 g/mol. The van der Waals surface area contributed by atoms with Crippen LogP contribution in [0.2, 0.25) is 0 Å². The summed E-state index contributed by atoms with van der Waals surface area (Å²) >= 11 is 0. The molecule has 0 bridgehead atoms. The number of fused-ring (bicyclic) bond motifs is 3. The lowest BCUT2D eigenvalue weighted by Crippen LogP contribution is -2.05. The van der Waals surface area contributed by atoms with E-state index < -0.39 is 0 Å². The van der Waals surface area contributed by atoms with Gasteiger partial charge in [-0.25, -0.2) is 4.99 Å². The molecule has 0 atom stereocenters. The highest BCUT2D eigenvalue weighted by Gasteiger charge is 2.34. The second kappa shape index (κ2) is 23.7. The number of aliphatic imine (C=N–C) groups is 1. The normalized spacial score (nSPS) is 13.5. The van der Waals surface area contributed by atoms with E-state index in [1.807, 2.05) is 111 Å². The van der Waals surface area contributed by atoms with Crippen molar-refractivity contribution in [3.63, 3.8) is 0 Å². The summed E-state index contributed by atoms with van der Waals surface area (Å²) in [4.78, 5) is 31.1. The van der Waals surface area contributed by atoms with Gasteiger partial charge in [0.25, 0.3) is 0 Å². The molecular weight excluding hydrogens is 853 g/mol. The zero-order valence-corrected chi connectivity index (χ0v) is 39.1. The number of ether oxygens (including phenoxy) is 1. The number of hydrogen-bond donors (Lipinski definition) is 2. The number of aliphatic hydroxyl groups excluding tert-OH is 1. The topological polar surface area (TPSA) is 105 Å². The zero-order valence-electron chi connectivity index (χ0n) is 39.1. The summed E-state index contributed by atoms with van der Waals surface area (Å²) in [5.74, 6) is 1.79. The molecule has 0 unspecified atom stereocenters. The van der Waals surface area contributed by atoms with Crippen LogP contribution < -0.4 is 4.74 Å². The Morgan fingerprint density at radius 2 is 1.32 bits per heavy atom. The van der Waals surface area contributed by atoms with E-state index in [4.69, 9.17) is 24.0 Å². The predicted molar refractivity (Wildman–Crippen MR) is 284 cm³/mol. The van der Waals surface area contributed by atoms with Crippen molar-refractivity contribution in [1.29, 1.82) is 0 Å². The third kappa shape index (κ3) is 10.2. The standard InChI is InChI=1S/C53H40N2O2.C7H8O.CH4O.CH2O/c1-3-20-35(21-4-2)46-47(37-24-11-6-12-25-37)52(55-50(46)39-28-15-8-16-29-39)48(42-32-19-31-41-40-30-17-18-33-44(40)57-53(41)42)51-45(36-22-9-5-10-23-36)43(34-56)49(54-51)38-26-13-7-14-27-38;1-8-7-5-3-2-4-6-7;2*1-2/h3-16,18-29,31-34,54H,1,17,30H2,2H3;2-6H,1H3;2H,1H3;1H2/b21-4-,35-20+,52-48-;;;. The number of aldehydes is 1. The number of allylic oxidation sites excluding steroid dienone is 8. The van der Waals surface area contributed by atoms with Crippen molar-refractivity contribution in [2.24, 2.45) is 4.99 Å². The zero-order chi connectivity index (χ0) is 48.5. The molecular formula is C62H54N2O5. The molecule has 0 spiro atoms. The fourth-order valence-electron chi connectivity index (χ4n) is 8.83. The number of methoxy groups -OCH3 is 1. The van der Waals surface area contributed by atoms with Crippen LogP contribution >= 0.6 is 0 Å². The van der Waals surface area contributed by atoms with E-state index >= 15 is 0 Å². The first-order valence-electron chi connectivity index (χ1n) is 22.6. The molecule has 3 heterocycles. The first-order valence-corrected chi connectivity index (χ1v) is 22.6. The van der Waals surface area contributed by atoms with Crippen molar-refractivity contribution in [3.05, 3.63) is 263 Å². The Bertz CT molecular complexity index is 3210. The Labute approximate surface area is 404 Å². The number of carbonyl (C=O) groups excluding carboxylic acids is 2. The van der Waals surface area contributed by atoms with Crippen molar-refractivity contribution in [1.82, 2.24) is 4.98 Å². The van der Waals surface area contributed by atoms with Gasteiger partial charge in [0.2, 0.25) is 0 Å². The Morgan fingerprint density at radius 1 is 0.739 bits per heavy atom. The highest BCUT2D eigenvalue weighted by molar-refractivity contribution is 6.27. The molecule has 0 amide bonds. The molecule has 69 heavy (non-hydrogen) atoms. The summed E-state index contributed by atoms with van der Waals surface area (Å²) in [5, 5.41) is 8.08. The number of aromatic nitrogens is 1. The first kappa shape index (κ1) is 48.3. The molecule has 0 saturated heterocycles. The van der Waals surface area contributed by atoms with Crippen molar-refractivity contribution in [2.45, 2.75) is 19.8 Å². The number of aliphatic hydroxyl groups is 1. The molecule has 1 aliphatic carbocycles. The Balaban J connectivity index is 0.000000523. The molecule has 2 N–H and O–H groups in total. The van der Waals surface area contributed by atoms with Crippen LogP contribution in [0.5, 0.6) is 5.75 Å². The molecule has 10 rings (SSSR count). The number of H-pyrrole nitrogens is 1. The van der Waals surface area contributed by atoms with Gasteiger partial charge in [-0.3, -0.25) is 4.79 Å². The monoisotopic (exact) mass is 906 g/mol. The van der Waals surface area contributed by atoms with Gasteiger partial charge in [-0.05, 0) is 60.2 Å². The lowest BCUT2D eigenvalue weighted by molar-refractivity contribution is -0.0980. The van der Waals surface area contributed by atoms with Crippen LogP contribution in [-0.4, -0.2) is 43.1 Å². The number of benzene rings is 6. The van der Waals surface area contributed by atoms with Crippen LogP contribution in [0.3, 0.4) is 0 Å². The SMILES string of the molecule is C=C/C=C(\C=C/C)C1=C(c2ccccc2)/C(=C(/c2[nH]c(-c3ccccc3)c(C=O)c2-c2ccccc2)c2cccc3c4c(oc23)C=CCC4)N=C1c1ccccc1.C=O.CO.COc1ccccc1. The average Bonchev–Trinajstić information content (AvgIpc) is 4.14. The molecule has 2 aromatic heterocycles. The van der Waals surface area contributed by atoms with Crippen molar-refractivity contribution in [2.75, 3.05) is 14.2 Å². The van der Waals surface area contributed by atoms with Crippen LogP contribution in [0.1, 0.15) is 57.4 Å². The largest absolute Gasteiger partial charge is 0.497 e. The van der Waals surface area contributed by atoms with Gasteiger partial charge in [-0.15, -0.1) is 0 Å². The molecule has 7 nitrogen and oxygen atoms in total. The second-order valence-corrected chi connectivity index (χ2v) is 15.6. The Kier molecular flexibility index (Phi) is 16.6. The number of aryl methyl sites for hydroxylation is 1. The van der Waals surface area contributed by atoms with E-state index in [2.05, 4.69) is 121 Å². The lowest BCUT2D eigenvalue weighted by Gasteiger charge is -2.17. The summed E-state index contributed by atoms with van der Waals surface area (Å²) in [6.07, 6.45) is 15.2. The molecule has 1 aliphatic heterocycles. The summed E-state index contributed by atoms with van der Waals surface area (Å²) in [7, 11) is 2.66. The van der Waals surface area contributed by atoms with Crippen LogP contribution in [0.4, 0.5) is 0 Å². The van der Waals surface area contributed by atoms with Gasteiger partial charge in [-0.1, -0.05) is 195 Å². The van der Waals surface area contributed by atoms with Crippen molar-refractivity contribution >= 4 is 47.0 Å². The molecule has 6 aromatic carbocycles. The Hall–Kier alpha value is -8.65. The summed E-state index contributed by atoms with van der Waals surface area (Å²) in [6, 6.07) is 57.1. The molecule has 8 aromatic rings. The van der Waals surface area contributed by atoms with Gasteiger partial charge >= 0.3 is 0 Å². The van der Waals surface area contributed by atoms with E-state index in [0.717, 1.165) is 127 Å². The highest BCUT2D eigenvalue weighted by atomic mass is 16.5. The van der Waals surface area contributed by atoms with E-state index in [0.29, 0.717) is 5.56 Å². The number of aromatic amines is 1. The lowest BCUT2D eigenvalue weighted by atomic mass is 9.85. The van der Waals surface area contributed by atoms with E-state index in [9.17, 15) is 4.79 Å². The van der Waals surface area contributed by atoms with E-state index in [-0.39, 0.29) is 0 Å². The fourth-order valence-corrected chi connectivity index (χ4v) is 8.83. The first-order chi connectivity index (χ1) is 34.1. The number of rotatable bonds is 11. The van der Waals surface area contributed by atoms with Crippen LogP contribution in [0, 0.1) is 0 Å². The summed E-state index contributed by atoms with van der Waals surface area (Å²) in [5.41, 5.74) is 15.0.